The normalized spacial score (nSPS) is 14.8. The Morgan fingerprint density at radius 3 is 2.38 bits per heavy atom. The number of aromatic amines is 1. The van der Waals surface area contributed by atoms with Crippen molar-refractivity contribution in [2.75, 3.05) is 5.32 Å². The average Bonchev–Trinajstić information content (AvgIpc) is 3.39. The number of alkyl halides is 3. The van der Waals surface area contributed by atoms with E-state index in [4.69, 9.17) is 10.5 Å². The van der Waals surface area contributed by atoms with Gasteiger partial charge in [0.1, 0.15) is 5.82 Å². The van der Waals surface area contributed by atoms with Gasteiger partial charge in [-0.1, -0.05) is 34.1 Å². The Labute approximate surface area is 194 Å². The Kier molecular flexibility index (Phi) is 8.11. The lowest BCUT2D eigenvalue weighted by Crippen LogP contribution is -2.59. The standard InChI is InChI=1S/C21H29F3N6O4/c1-5-6-9-20(34-18(25)33,16(31)17(32)27-15-7-10-26-28-15)13(19(2,3)4)12-30-11-8-14(29-30)21(22,23)24/h7-8,10-11,13H,5-6,9,12H2,1-4H3,(H2,25,33)(H2,26,27,28,32)/t13?,20-/m0/s1. The number of H-pyrrole nitrogens is 1. The third-order valence-electron chi connectivity index (χ3n) is 5.43. The minimum atomic E-state index is -4.66. The third-order valence-corrected chi connectivity index (χ3v) is 5.43. The predicted octanol–water partition coefficient (Wildman–Crippen LogP) is 3.52. The average molecular weight is 486 g/mol. The summed E-state index contributed by atoms with van der Waals surface area (Å²) >= 11 is 0. The molecule has 0 bridgehead atoms. The number of carbonyl (C=O) groups is 3. The second kappa shape index (κ2) is 10.3. The summed E-state index contributed by atoms with van der Waals surface area (Å²) in [7, 11) is 0. The number of rotatable bonds is 10. The number of Topliss-reactive ketones (excluding diaryl/α,β-unsaturated/α-hetero) is 1. The summed E-state index contributed by atoms with van der Waals surface area (Å²) in [6.45, 7) is 6.74. The van der Waals surface area contributed by atoms with Crippen LogP contribution in [-0.2, 0) is 27.0 Å². The Bertz CT molecular complexity index is 997. The van der Waals surface area contributed by atoms with E-state index in [9.17, 15) is 27.6 Å². The molecule has 2 amide bonds. The number of nitrogens with two attached hydrogens (primary N) is 1. The molecular weight excluding hydrogens is 457 g/mol. The molecule has 0 aromatic carbocycles. The molecule has 0 aliphatic rings. The zero-order valence-electron chi connectivity index (χ0n) is 19.4. The van der Waals surface area contributed by atoms with Crippen molar-refractivity contribution in [3.63, 3.8) is 0 Å². The second-order valence-corrected chi connectivity index (χ2v) is 9.01. The van der Waals surface area contributed by atoms with Gasteiger partial charge in [-0.05, 0) is 24.3 Å². The minimum Gasteiger partial charge on any atom is -0.434 e. The van der Waals surface area contributed by atoms with Crippen LogP contribution in [0, 0.1) is 11.3 Å². The number of nitrogens with one attached hydrogen (secondary N) is 2. The number of halogens is 3. The van der Waals surface area contributed by atoms with Crippen molar-refractivity contribution in [3.05, 3.63) is 30.2 Å². The van der Waals surface area contributed by atoms with Gasteiger partial charge in [0.15, 0.2) is 11.3 Å². The number of unbranched alkanes of at least 4 members (excludes halogenated alkanes) is 1. The van der Waals surface area contributed by atoms with Crippen LogP contribution in [0.5, 0.6) is 0 Å². The maximum absolute atomic E-state index is 13.6. The first-order valence-electron chi connectivity index (χ1n) is 10.6. The molecule has 2 rings (SSSR count). The van der Waals surface area contributed by atoms with Crippen molar-refractivity contribution in [2.24, 2.45) is 17.1 Å². The van der Waals surface area contributed by atoms with E-state index in [2.05, 4.69) is 20.6 Å². The number of aromatic nitrogens is 4. The topological polar surface area (TPSA) is 145 Å². The first-order valence-corrected chi connectivity index (χ1v) is 10.6. The van der Waals surface area contributed by atoms with Gasteiger partial charge in [0.2, 0.25) is 0 Å². The highest BCUT2D eigenvalue weighted by Crippen LogP contribution is 2.42. The summed E-state index contributed by atoms with van der Waals surface area (Å²) in [6.07, 6.45) is -2.59. The molecule has 2 aromatic heterocycles. The molecule has 0 aliphatic carbocycles. The maximum Gasteiger partial charge on any atom is 0.435 e. The van der Waals surface area contributed by atoms with E-state index in [0.29, 0.717) is 12.8 Å². The van der Waals surface area contributed by atoms with Gasteiger partial charge < -0.3 is 15.8 Å². The van der Waals surface area contributed by atoms with E-state index in [1.807, 2.05) is 6.92 Å². The van der Waals surface area contributed by atoms with E-state index < -0.39 is 46.6 Å². The van der Waals surface area contributed by atoms with Crippen LogP contribution in [0.2, 0.25) is 0 Å². The summed E-state index contributed by atoms with van der Waals surface area (Å²) < 4.78 is 45.7. The van der Waals surface area contributed by atoms with Crippen LogP contribution >= 0.6 is 0 Å². The number of primary amides is 1. The summed E-state index contributed by atoms with van der Waals surface area (Å²) in [5.74, 6) is -3.01. The molecular formula is C21H29F3N6O4. The Morgan fingerprint density at radius 1 is 1.24 bits per heavy atom. The monoisotopic (exact) mass is 486 g/mol. The van der Waals surface area contributed by atoms with Crippen LogP contribution in [0.3, 0.4) is 0 Å². The van der Waals surface area contributed by atoms with Crippen LogP contribution in [0.25, 0.3) is 0 Å². The molecule has 0 saturated heterocycles. The van der Waals surface area contributed by atoms with Gasteiger partial charge in [0, 0.05) is 24.7 Å². The number of ketones is 1. The van der Waals surface area contributed by atoms with Crippen LogP contribution < -0.4 is 11.1 Å². The molecule has 13 heteroatoms. The Morgan fingerprint density at radius 2 is 1.91 bits per heavy atom. The first kappa shape index (κ1) is 26.9. The Hall–Kier alpha value is -3.38. The van der Waals surface area contributed by atoms with Crippen molar-refractivity contribution in [1.29, 1.82) is 0 Å². The van der Waals surface area contributed by atoms with Crippen LogP contribution in [0.4, 0.5) is 23.8 Å². The van der Waals surface area contributed by atoms with Crippen molar-refractivity contribution in [1.82, 2.24) is 20.0 Å². The fourth-order valence-electron chi connectivity index (χ4n) is 3.85. The molecule has 188 valence electrons. The largest absolute Gasteiger partial charge is 0.435 e. The number of carbonyl (C=O) groups excluding carboxylic acids is 3. The summed E-state index contributed by atoms with van der Waals surface area (Å²) in [4.78, 5) is 38.5. The van der Waals surface area contributed by atoms with Crippen LogP contribution in [0.15, 0.2) is 24.5 Å². The number of amides is 2. The van der Waals surface area contributed by atoms with Gasteiger partial charge in [0.25, 0.3) is 11.7 Å². The van der Waals surface area contributed by atoms with E-state index in [-0.39, 0.29) is 18.8 Å². The number of ether oxygens (including phenoxy) is 1. The highest BCUT2D eigenvalue weighted by Gasteiger charge is 2.55. The minimum absolute atomic E-state index is 0.0724. The lowest BCUT2D eigenvalue weighted by atomic mass is 9.66. The molecule has 1 unspecified atom stereocenters. The fourth-order valence-corrected chi connectivity index (χ4v) is 3.85. The zero-order chi connectivity index (χ0) is 25.7. The second-order valence-electron chi connectivity index (χ2n) is 9.01. The van der Waals surface area contributed by atoms with Crippen molar-refractivity contribution in [3.8, 4) is 0 Å². The zero-order valence-corrected chi connectivity index (χ0v) is 19.4. The van der Waals surface area contributed by atoms with E-state index in [1.54, 1.807) is 20.8 Å². The number of hydrogen-bond donors (Lipinski definition) is 3. The number of hydrogen-bond acceptors (Lipinski definition) is 6. The van der Waals surface area contributed by atoms with E-state index in [1.165, 1.54) is 12.3 Å². The van der Waals surface area contributed by atoms with Gasteiger partial charge in [0.05, 0.1) is 6.20 Å². The molecule has 0 aliphatic heterocycles. The van der Waals surface area contributed by atoms with Crippen molar-refractivity contribution >= 4 is 23.6 Å². The van der Waals surface area contributed by atoms with Crippen LogP contribution in [-0.4, -0.2) is 43.4 Å². The fraction of sp³-hybridized carbons (Fsp3) is 0.571. The van der Waals surface area contributed by atoms with Gasteiger partial charge in [-0.25, -0.2) is 4.79 Å². The van der Waals surface area contributed by atoms with Crippen LogP contribution in [0.1, 0.15) is 52.7 Å². The summed E-state index contributed by atoms with van der Waals surface area (Å²) in [6, 6.07) is 2.21. The molecule has 0 fully saturated rings. The molecule has 10 nitrogen and oxygen atoms in total. The molecule has 4 N–H and O–H groups in total. The van der Waals surface area contributed by atoms with E-state index >= 15 is 0 Å². The molecule has 0 saturated carbocycles. The number of nitrogens with zero attached hydrogens (tertiary/aromatic N) is 3. The first-order chi connectivity index (χ1) is 15.7. The third kappa shape index (κ3) is 6.35. The lowest BCUT2D eigenvalue weighted by molar-refractivity contribution is -0.158. The molecule has 2 heterocycles. The quantitative estimate of drug-likeness (QED) is 0.438. The molecule has 2 aromatic rings. The van der Waals surface area contributed by atoms with Gasteiger partial charge >= 0.3 is 12.3 Å². The molecule has 2 atom stereocenters. The highest BCUT2D eigenvalue weighted by molar-refractivity contribution is 6.43. The number of anilines is 1. The highest BCUT2D eigenvalue weighted by atomic mass is 19.4. The van der Waals surface area contributed by atoms with Gasteiger partial charge in [-0.15, -0.1) is 0 Å². The molecule has 0 spiro atoms. The Balaban J connectivity index is 2.57. The van der Waals surface area contributed by atoms with Crippen molar-refractivity contribution in [2.45, 2.75) is 65.3 Å². The summed E-state index contributed by atoms with van der Waals surface area (Å²) in [5.41, 5.74) is 1.32. The predicted molar refractivity (Wildman–Crippen MR) is 115 cm³/mol. The molecule has 34 heavy (non-hydrogen) atoms. The maximum atomic E-state index is 13.6. The summed E-state index contributed by atoms with van der Waals surface area (Å²) in [5, 5.41) is 12.1. The van der Waals surface area contributed by atoms with E-state index in [0.717, 1.165) is 16.9 Å². The SMILES string of the molecule is CCCC[C@@](OC(N)=O)(C(=O)C(=O)Nc1ccn[nH]1)C(Cn1ccc(C(F)(F)F)n1)C(C)(C)C. The molecule has 0 radical (unpaired) electrons. The smallest absolute Gasteiger partial charge is 0.434 e. The lowest BCUT2D eigenvalue weighted by Gasteiger charge is -2.44. The van der Waals surface area contributed by atoms with Crippen molar-refractivity contribution < 1.29 is 32.3 Å². The van der Waals surface area contributed by atoms with Gasteiger partial charge in [-0.3, -0.25) is 19.4 Å². The van der Waals surface area contributed by atoms with Gasteiger partial charge in [-0.2, -0.15) is 23.4 Å².